The van der Waals surface area contributed by atoms with Crippen LogP contribution in [0.3, 0.4) is 0 Å². The Balaban J connectivity index is 1.43. The van der Waals surface area contributed by atoms with Crippen molar-refractivity contribution in [3.05, 3.63) is 77.4 Å². The number of carbonyl (C=O) groups excluding carboxylic acids is 1. The number of nitrogens with zero attached hydrogens (tertiary/aromatic N) is 2. The zero-order chi connectivity index (χ0) is 18.2. The number of hydrazone groups is 1. The summed E-state index contributed by atoms with van der Waals surface area (Å²) in [4.78, 5) is 12.3. The fraction of sp³-hybridized carbons (Fsp3) is 0.0952. The van der Waals surface area contributed by atoms with Gasteiger partial charge in [0.2, 0.25) is 0 Å². The maximum absolute atomic E-state index is 12.3. The van der Waals surface area contributed by atoms with Crippen molar-refractivity contribution in [2.45, 2.75) is 12.8 Å². The van der Waals surface area contributed by atoms with Gasteiger partial charge in [-0.25, -0.2) is 5.43 Å². The molecule has 27 heavy (non-hydrogen) atoms. The van der Waals surface area contributed by atoms with Crippen molar-refractivity contribution in [3.8, 4) is 11.3 Å². The summed E-state index contributed by atoms with van der Waals surface area (Å²) in [6, 6.07) is 15.9. The van der Waals surface area contributed by atoms with E-state index in [1.54, 1.807) is 24.5 Å². The highest BCUT2D eigenvalue weighted by Crippen LogP contribution is 2.36. The number of aryl methyl sites for hydroxylation is 2. The number of hydrogen-bond donors (Lipinski definition) is 2. The van der Waals surface area contributed by atoms with E-state index in [0.29, 0.717) is 11.5 Å². The molecular weight excluding hydrogens is 340 g/mol. The summed E-state index contributed by atoms with van der Waals surface area (Å²) in [6.07, 6.45) is 5.15. The Bertz CT molecular complexity index is 1160. The third-order valence-electron chi connectivity index (χ3n) is 4.88. The number of aromatic amines is 1. The molecule has 2 heterocycles. The normalized spacial score (nSPS) is 12.9. The van der Waals surface area contributed by atoms with E-state index in [2.05, 4.69) is 51.1 Å². The molecular formula is C21H16N4O2. The lowest BCUT2D eigenvalue weighted by Crippen LogP contribution is -2.17. The van der Waals surface area contributed by atoms with E-state index in [-0.39, 0.29) is 5.91 Å². The van der Waals surface area contributed by atoms with Gasteiger partial charge in [-0.3, -0.25) is 9.89 Å². The molecule has 0 spiro atoms. The van der Waals surface area contributed by atoms with Gasteiger partial charge in [0.05, 0.1) is 18.2 Å². The molecule has 132 valence electrons. The van der Waals surface area contributed by atoms with E-state index < -0.39 is 0 Å². The van der Waals surface area contributed by atoms with Crippen LogP contribution in [0.2, 0.25) is 0 Å². The van der Waals surface area contributed by atoms with Crippen LogP contribution in [0.1, 0.15) is 27.4 Å². The van der Waals surface area contributed by atoms with Crippen LogP contribution in [-0.2, 0) is 12.8 Å². The number of furan rings is 1. The summed E-state index contributed by atoms with van der Waals surface area (Å²) in [6.45, 7) is 0. The SMILES string of the molecule is O=C(N/N=C\c1ccco1)c1cc(-c2ccc3c4c(cccc24)CC3)n[nH]1. The highest BCUT2D eigenvalue weighted by Gasteiger charge is 2.18. The number of amides is 1. The van der Waals surface area contributed by atoms with Gasteiger partial charge in [-0.1, -0.05) is 30.3 Å². The van der Waals surface area contributed by atoms with Gasteiger partial charge in [0, 0.05) is 5.56 Å². The number of nitrogens with one attached hydrogen (secondary N) is 2. The van der Waals surface area contributed by atoms with Crippen molar-refractivity contribution in [2.24, 2.45) is 5.10 Å². The first-order valence-corrected chi connectivity index (χ1v) is 8.76. The highest BCUT2D eigenvalue weighted by molar-refractivity contribution is 6.02. The number of rotatable bonds is 4. The number of hydrogen-bond acceptors (Lipinski definition) is 4. The second kappa shape index (κ2) is 6.25. The summed E-state index contributed by atoms with van der Waals surface area (Å²) in [7, 11) is 0. The average Bonchev–Trinajstić information content (AvgIpc) is 3.44. The molecule has 0 radical (unpaired) electrons. The monoisotopic (exact) mass is 356 g/mol. The Kier molecular flexibility index (Phi) is 3.60. The Labute approximate surface area is 154 Å². The molecule has 2 aromatic heterocycles. The molecule has 6 heteroatoms. The zero-order valence-electron chi connectivity index (χ0n) is 14.4. The maximum Gasteiger partial charge on any atom is 0.289 e. The van der Waals surface area contributed by atoms with Gasteiger partial charge in [-0.2, -0.15) is 10.2 Å². The van der Waals surface area contributed by atoms with Crippen LogP contribution in [0.15, 0.2) is 64.3 Å². The minimum absolute atomic E-state index is 0.352. The average molecular weight is 356 g/mol. The fourth-order valence-electron chi connectivity index (χ4n) is 3.63. The highest BCUT2D eigenvalue weighted by atomic mass is 16.3. The lowest BCUT2D eigenvalue weighted by molar-refractivity contribution is 0.0950. The smallest absolute Gasteiger partial charge is 0.289 e. The van der Waals surface area contributed by atoms with Crippen LogP contribution in [0, 0.1) is 0 Å². The number of aromatic nitrogens is 2. The van der Waals surface area contributed by atoms with Gasteiger partial charge in [0.1, 0.15) is 11.5 Å². The van der Waals surface area contributed by atoms with E-state index in [9.17, 15) is 4.79 Å². The molecule has 0 aliphatic heterocycles. The molecule has 0 fully saturated rings. The van der Waals surface area contributed by atoms with Crippen LogP contribution in [0.4, 0.5) is 0 Å². The van der Waals surface area contributed by atoms with Gasteiger partial charge in [-0.15, -0.1) is 0 Å². The molecule has 5 rings (SSSR count). The van der Waals surface area contributed by atoms with Gasteiger partial charge >= 0.3 is 0 Å². The van der Waals surface area contributed by atoms with Crippen molar-refractivity contribution >= 4 is 22.9 Å². The molecule has 1 aliphatic carbocycles. The Hall–Kier alpha value is -3.67. The lowest BCUT2D eigenvalue weighted by atomic mass is 9.98. The molecule has 2 aromatic carbocycles. The van der Waals surface area contributed by atoms with Crippen molar-refractivity contribution in [3.63, 3.8) is 0 Å². The molecule has 0 saturated heterocycles. The minimum atomic E-state index is -0.359. The summed E-state index contributed by atoms with van der Waals surface area (Å²) < 4.78 is 5.13. The molecule has 0 saturated carbocycles. The Morgan fingerprint density at radius 1 is 1.15 bits per heavy atom. The van der Waals surface area contributed by atoms with E-state index >= 15 is 0 Å². The third-order valence-corrected chi connectivity index (χ3v) is 4.88. The van der Waals surface area contributed by atoms with Gasteiger partial charge < -0.3 is 4.42 Å². The van der Waals surface area contributed by atoms with Crippen molar-refractivity contribution in [1.29, 1.82) is 0 Å². The van der Waals surface area contributed by atoms with Crippen LogP contribution >= 0.6 is 0 Å². The minimum Gasteiger partial charge on any atom is -0.463 e. The molecule has 2 N–H and O–H groups in total. The molecule has 0 atom stereocenters. The van der Waals surface area contributed by atoms with E-state index in [0.717, 1.165) is 24.1 Å². The van der Waals surface area contributed by atoms with Crippen LogP contribution in [0.5, 0.6) is 0 Å². The maximum atomic E-state index is 12.3. The van der Waals surface area contributed by atoms with Crippen LogP contribution < -0.4 is 5.43 Å². The first kappa shape index (κ1) is 15.6. The van der Waals surface area contributed by atoms with Gasteiger partial charge in [0.15, 0.2) is 0 Å². The molecule has 0 bridgehead atoms. The second-order valence-electron chi connectivity index (χ2n) is 6.49. The van der Waals surface area contributed by atoms with E-state index in [4.69, 9.17) is 4.42 Å². The largest absolute Gasteiger partial charge is 0.463 e. The number of H-pyrrole nitrogens is 1. The molecule has 0 unspecified atom stereocenters. The summed E-state index contributed by atoms with van der Waals surface area (Å²) in [5.41, 5.74) is 7.34. The Morgan fingerprint density at radius 2 is 2.04 bits per heavy atom. The summed E-state index contributed by atoms with van der Waals surface area (Å²) in [5.74, 6) is 0.205. The first-order valence-electron chi connectivity index (χ1n) is 8.76. The van der Waals surface area contributed by atoms with Gasteiger partial charge in [0.25, 0.3) is 5.91 Å². The first-order chi connectivity index (χ1) is 13.3. The quantitative estimate of drug-likeness (QED) is 0.432. The van der Waals surface area contributed by atoms with E-state index in [1.807, 2.05) is 0 Å². The molecule has 1 amide bonds. The topological polar surface area (TPSA) is 83.3 Å². The zero-order valence-corrected chi connectivity index (χ0v) is 14.4. The van der Waals surface area contributed by atoms with E-state index in [1.165, 1.54) is 28.1 Å². The van der Waals surface area contributed by atoms with Gasteiger partial charge in [-0.05, 0) is 52.9 Å². The predicted octanol–water partition coefficient (Wildman–Crippen LogP) is 3.69. The third kappa shape index (κ3) is 2.71. The fourth-order valence-corrected chi connectivity index (χ4v) is 3.63. The Morgan fingerprint density at radius 3 is 2.89 bits per heavy atom. The second-order valence-corrected chi connectivity index (χ2v) is 6.49. The van der Waals surface area contributed by atoms with Crippen molar-refractivity contribution in [1.82, 2.24) is 15.6 Å². The van der Waals surface area contributed by atoms with Crippen LogP contribution in [0.25, 0.3) is 22.0 Å². The molecule has 6 nitrogen and oxygen atoms in total. The number of benzene rings is 2. The lowest BCUT2D eigenvalue weighted by Gasteiger charge is -2.06. The predicted molar refractivity (Wildman–Crippen MR) is 103 cm³/mol. The summed E-state index contributed by atoms with van der Waals surface area (Å²) in [5, 5.41) is 13.5. The molecule has 1 aliphatic rings. The molecule has 4 aromatic rings. The standard InChI is InChI=1S/C21H16N4O2/c26-21(25-22-12-15-4-2-10-27-15)19-11-18(23-24-19)16-9-8-14-7-6-13-3-1-5-17(16)20(13)14/h1-5,8-12H,6-7H2,(H,23,24)(H,25,26)/b22-12-. The van der Waals surface area contributed by atoms with Crippen LogP contribution in [-0.4, -0.2) is 22.3 Å². The van der Waals surface area contributed by atoms with Crippen molar-refractivity contribution in [2.75, 3.05) is 0 Å². The van der Waals surface area contributed by atoms with Crippen molar-refractivity contribution < 1.29 is 9.21 Å². The summed E-state index contributed by atoms with van der Waals surface area (Å²) >= 11 is 0. The number of carbonyl (C=O) groups is 1.